The number of ether oxygens (including phenoxy) is 1. The summed E-state index contributed by atoms with van der Waals surface area (Å²) in [6, 6.07) is 5.01. The van der Waals surface area contributed by atoms with Crippen LogP contribution in [0.15, 0.2) is 18.2 Å². The van der Waals surface area contributed by atoms with E-state index in [1.807, 2.05) is 0 Å². The number of halogens is 1. The highest BCUT2D eigenvalue weighted by Crippen LogP contribution is 2.22. The zero-order valence-corrected chi connectivity index (χ0v) is 12.3. The molecule has 4 nitrogen and oxygen atoms in total. The minimum atomic E-state index is -0.553. The fourth-order valence-electron chi connectivity index (χ4n) is 1.46. The first-order chi connectivity index (χ1) is 8.67. The molecule has 0 heterocycles. The van der Waals surface area contributed by atoms with Gasteiger partial charge in [-0.3, -0.25) is 10.1 Å². The van der Waals surface area contributed by atoms with Gasteiger partial charge in [-0.2, -0.15) is 0 Å². The summed E-state index contributed by atoms with van der Waals surface area (Å²) in [7, 11) is 0. The van der Waals surface area contributed by atoms with Crippen molar-refractivity contribution in [3.8, 4) is 0 Å². The summed E-state index contributed by atoms with van der Waals surface area (Å²) in [5.41, 5.74) is 0.720. The number of amides is 1. The van der Waals surface area contributed by atoms with Crippen LogP contribution in [0.2, 0.25) is 5.02 Å². The fourth-order valence-corrected chi connectivity index (χ4v) is 1.71. The maximum absolute atomic E-state index is 11.6. The van der Waals surface area contributed by atoms with Gasteiger partial charge >= 0.3 is 6.09 Å². The van der Waals surface area contributed by atoms with Crippen LogP contribution in [0.1, 0.15) is 33.3 Å². The molecule has 0 aliphatic heterocycles. The van der Waals surface area contributed by atoms with Crippen LogP contribution in [0.5, 0.6) is 0 Å². The van der Waals surface area contributed by atoms with Gasteiger partial charge in [-0.25, -0.2) is 4.79 Å². The summed E-state index contributed by atoms with van der Waals surface area (Å²) < 4.78 is 5.13. The molecular weight excluding hydrogens is 266 g/mol. The van der Waals surface area contributed by atoms with Gasteiger partial charge in [0.25, 0.3) is 0 Å². The second-order valence-electron chi connectivity index (χ2n) is 5.31. The molecule has 0 spiro atoms. The molecule has 0 aliphatic carbocycles. The van der Waals surface area contributed by atoms with E-state index >= 15 is 0 Å². The third-order valence-corrected chi connectivity index (χ3v) is 2.49. The van der Waals surface area contributed by atoms with E-state index in [9.17, 15) is 9.59 Å². The van der Waals surface area contributed by atoms with Gasteiger partial charge in [0.05, 0.1) is 0 Å². The Morgan fingerprint density at radius 3 is 2.42 bits per heavy atom. The maximum atomic E-state index is 11.6. The number of nitrogens with one attached hydrogen (secondary N) is 1. The maximum Gasteiger partial charge on any atom is 0.412 e. The molecular formula is C14H18ClNO3. The number of benzene rings is 1. The highest BCUT2D eigenvalue weighted by Gasteiger charge is 2.16. The molecule has 0 fully saturated rings. The van der Waals surface area contributed by atoms with E-state index in [1.165, 1.54) is 6.92 Å². The lowest BCUT2D eigenvalue weighted by Crippen LogP contribution is -2.27. The van der Waals surface area contributed by atoms with Crippen LogP contribution in [0.3, 0.4) is 0 Å². The zero-order chi connectivity index (χ0) is 14.6. The van der Waals surface area contributed by atoms with Crippen molar-refractivity contribution in [1.82, 2.24) is 0 Å². The number of carbonyl (C=O) groups excluding carboxylic acids is 2. The molecule has 0 bridgehead atoms. The van der Waals surface area contributed by atoms with Gasteiger partial charge in [0, 0.05) is 17.1 Å². The first-order valence-electron chi connectivity index (χ1n) is 5.95. The third-order valence-electron chi connectivity index (χ3n) is 2.14. The minimum Gasteiger partial charge on any atom is -0.444 e. The van der Waals surface area contributed by atoms with Crippen LogP contribution < -0.4 is 5.32 Å². The quantitative estimate of drug-likeness (QED) is 0.917. The molecule has 1 aromatic rings. The number of rotatable bonds is 3. The van der Waals surface area contributed by atoms with E-state index in [2.05, 4.69) is 5.32 Å². The smallest absolute Gasteiger partial charge is 0.412 e. The van der Waals surface area contributed by atoms with E-state index in [1.54, 1.807) is 39.0 Å². The van der Waals surface area contributed by atoms with Crippen molar-refractivity contribution >= 4 is 29.2 Å². The molecule has 0 radical (unpaired) electrons. The van der Waals surface area contributed by atoms with Crippen molar-refractivity contribution in [2.45, 2.75) is 39.7 Å². The SMILES string of the molecule is CC(=O)Cc1ccc(NC(=O)OC(C)(C)C)cc1Cl. The van der Waals surface area contributed by atoms with Crippen LogP contribution >= 0.6 is 11.6 Å². The number of ketones is 1. The Morgan fingerprint density at radius 1 is 1.32 bits per heavy atom. The highest BCUT2D eigenvalue weighted by atomic mass is 35.5. The van der Waals surface area contributed by atoms with Crippen molar-refractivity contribution < 1.29 is 14.3 Å². The molecule has 1 amide bonds. The molecule has 0 atom stereocenters. The van der Waals surface area contributed by atoms with Crippen molar-refractivity contribution in [2.24, 2.45) is 0 Å². The lowest BCUT2D eigenvalue weighted by Gasteiger charge is -2.19. The summed E-state index contributed by atoms with van der Waals surface area (Å²) in [6.45, 7) is 6.86. The number of anilines is 1. The standard InChI is InChI=1S/C14H18ClNO3/c1-9(17)7-10-5-6-11(8-12(10)15)16-13(18)19-14(2,3)4/h5-6,8H,7H2,1-4H3,(H,16,18). The topological polar surface area (TPSA) is 55.4 Å². The highest BCUT2D eigenvalue weighted by molar-refractivity contribution is 6.31. The van der Waals surface area contributed by atoms with Gasteiger partial charge in [-0.15, -0.1) is 0 Å². The molecule has 0 saturated carbocycles. The Bertz CT molecular complexity index is 492. The summed E-state index contributed by atoms with van der Waals surface area (Å²) in [6.07, 6.45) is -0.256. The normalized spacial score (nSPS) is 11.0. The van der Waals surface area contributed by atoms with Gasteiger partial charge in [-0.1, -0.05) is 17.7 Å². The van der Waals surface area contributed by atoms with E-state index in [0.29, 0.717) is 10.7 Å². The van der Waals surface area contributed by atoms with E-state index in [-0.39, 0.29) is 12.2 Å². The zero-order valence-electron chi connectivity index (χ0n) is 11.5. The fraction of sp³-hybridized carbons (Fsp3) is 0.429. The first-order valence-corrected chi connectivity index (χ1v) is 6.33. The monoisotopic (exact) mass is 283 g/mol. The van der Waals surface area contributed by atoms with Crippen LogP contribution in [0.25, 0.3) is 0 Å². The van der Waals surface area contributed by atoms with Gasteiger partial charge < -0.3 is 4.74 Å². The van der Waals surface area contributed by atoms with Gasteiger partial charge in [-0.05, 0) is 45.4 Å². The molecule has 1 rings (SSSR count). The average Bonchev–Trinajstić information content (AvgIpc) is 2.18. The predicted octanol–water partition coefficient (Wildman–Crippen LogP) is 3.82. The van der Waals surface area contributed by atoms with Crippen molar-refractivity contribution in [2.75, 3.05) is 5.32 Å². The molecule has 104 valence electrons. The van der Waals surface area contributed by atoms with Crippen LogP contribution in [0, 0.1) is 0 Å². The van der Waals surface area contributed by atoms with E-state index < -0.39 is 11.7 Å². The average molecular weight is 284 g/mol. The van der Waals surface area contributed by atoms with Gasteiger partial charge in [0.15, 0.2) is 0 Å². The summed E-state index contributed by atoms with van der Waals surface area (Å²) in [5.74, 6) is 0.0368. The van der Waals surface area contributed by atoms with E-state index in [0.717, 1.165) is 5.56 Å². The van der Waals surface area contributed by atoms with Crippen LogP contribution in [0.4, 0.5) is 10.5 Å². The van der Waals surface area contributed by atoms with Gasteiger partial charge in [0.1, 0.15) is 11.4 Å². The molecule has 1 N–H and O–H groups in total. The lowest BCUT2D eigenvalue weighted by molar-refractivity contribution is -0.116. The molecule has 1 aromatic carbocycles. The Balaban J connectivity index is 2.73. The predicted molar refractivity (Wildman–Crippen MR) is 75.7 cm³/mol. The summed E-state index contributed by atoms with van der Waals surface area (Å²) >= 11 is 6.05. The van der Waals surface area contributed by atoms with Crippen molar-refractivity contribution in [1.29, 1.82) is 0 Å². The van der Waals surface area contributed by atoms with Crippen molar-refractivity contribution in [3.63, 3.8) is 0 Å². The van der Waals surface area contributed by atoms with Crippen LogP contribution in [-0.4, -0.2) is 17.5 Å². The largest absolute Gasteiger partial charge is 0.444 e. The Kier molecular flexibility index (Phi) is 4.95. The number of hydrogen-bond acceptors (Lipinski definition) is 3. The third kappa shape index (κ3) is 5.75. The lowest BCUT2D eigenvalue weighted by atomic mass is 10.1. The molecule has 0 aliphatic rings. The van der Waals surface area contributed by atoms with E-state index in [4.69, 9.17) is 16.3 Å². The molecule has 19 heavy (non-hydrogen) atoms. The second kappa shape index (κ2) is 6.06. The Morgan fingerprint density at radius 2 is 1.95 bits per heavy atom. The minimum absolute atomic E-state index is 0.0368. The van der Waals surface area contributed by atoms with Gasteiger partial charge in [0.2, 0.25) is 0 Å². The molecule has 5 heteroatoms. The second-order valence-corrected chi connectivity index (χ2v) is 5.72. The molecule has 0 saturated heterocycles. The Hall–Kier alpha value is -1.55. The summed E-state index contributed by atoms with van der Waals surface area (Å²) in [4.78, 5) is 22.6. The molecule has 0 unspecified atom stereocenters. The molecule has 0 aromatic heterocycles. The summed E-state index contributed by atoms with van der Waals surface area (Å²) in [5, 5.41) is 3.04. The van der Waals surface area contributed by atoms with Crippen molar-refractivity contribution in [3.05, 3.63) is 28.8 Å². The number of carbonyl (C=O) groups is 2. The first kappa shape index (κ1) is 15.5. The number of hydrogen-bond donors (Lipinski definition) is 1. The Labute approximate surface area is 118 Å². The van der Waals surface area contributed by atoms with Crippen LogP contribution in [-0.2, 0) is 16.0 Å². The number of Topliss-reactive ketones (excluding diaryl/α,β-unsaturated/α-hetero) is 1.